The van der Waals surface area contributed by atoms with E-state index in [-0.39, 0.29) is 5.92 Å². The van der Waals surface area contributed by atoms with Crippen molar-refractivity contribution < 1.29 is 4.74 Å². The number of methoxy groups -OCH3 is 1. The van der Waals surface area contributed by atoms with E-state index in [1.165, 1.54) is 0 Å². The lowest BCUT2D eigenvalue weighted by atomic mass is 10.2. The summed E-state index contributed by atoms with van der Waals surface area (Å²) in [6, 6.07) is 7.41. The Balaban J connectivity index is 2.27. The number of hydrogen-bond donors (Lipinski definition) is 1. The monoisotopic (exact) mass is 355 g/mol. The number of nitrogens with zero attached hydrogens (tertiary/aromatic N) is 2. The fraction of sp³-hybridized carbons (Fsp3) is 0.286. The first-order valence-electron chi connectivity index (χ1n) is 6.14. The minimum absolute atomic E-state index is 0.219. The molecule has 0 bridgehead atoms. The average Bonchev–Trinajstić information content (AvgIpc) is 2.38. The SMILES string of the molecule is COc1ccc(Nc2cc(Cl)nc(C(C)C)n2)cc1Br. The Morgan fingerprint density at radius 2 is 2.00 bits per heavy atom. The Hall–Kier alpha value is -1.33. The summed E-state index contributed by atoms with van der Waals surface area (Å²) in [5.74, 6) is 2.38. The fourth-order valence-electron chi connectivity index (χ4n) is 1.65. The molecule has 1 heterocycles. The number of hydrogen-bond acceptors (Lipinski definition) is 4. The highest BCUT2D eigenvalue weighted by Crippen LogP contribution is 2.29. The van der Waals surface area contributed by atoms with Crippen molar-refractivity contribution in [1.29, 1.82) is 0 Å². The van der Waals surface area contributed by atoms with Crippen molar-refractivity contribution in [2.45, 2.75) is 19.8 Å². The van der Waals surface area contributed by atoms with Gasteiger partial charge in [0, 0.05) is 17.7 Å². The Labute approximate surface area is 131 Å². The third-order valence-corrected chi connectivity index (χ3v) is 3.47. The van der Waals surface area contributed by atoms with Gasteiger partial charge < -0.3 is 10.1 Å². The molecule has 0 aliphatic rings. The number of rotatable bonds is 4. The number of ether oxygens (including phenoxy) is 1. The normalized spacial score (nSPS) is 10.7. The van der Waals surface area contributed by atoms with Crippen LogP contribution in [0.2, 0.25) is 5.15 Å². The molecule has 0 aliphatic carbocycles. The Bertz CT molecular complexity index is 619. The number of halogens is 2. The van der Waals surface area contributed by atoms with E-state index in [9.17, 15) is 0 Å². The molecule has 6 heteroatoms. The Kier molecular flexibility index (Phi) is 4.83. The van der Waals surface area contributed by atoms with E-state index in [2.05, 4.69) is 31.2 Å². The van der Waals surface area contributed by atoms with Crippen LogP contribution in [0.5, 0.6) is 5.75 Å². The summed E-state index contributed by atoms with van der Waals surface area (Å²) in [7, 11) is 1.63. The topological polar surface area (TPSA) is 47.0 Å². The first kappa shape index (κ1) is 15.1. The second-order valence-corrected chi connectivity index (χ2v) is 5.80. The molecule has 0 saturated carbocycles. The highest BCUT2D eigenvalue weighted by molar-refractivity contribution is 9.10. The number of benzene rings is 1. The molecule has 0 radical (unpaired) electrons. The highest BCUT2D eigenvalue weighted by Gasteiger charge is 2.08. The van der Waals surface area contributed by atoms with Gasteiger partial charge in [-0.3, -0.25) is 0 Å². The van der Waals surface area contributed by atoms with Crippen LogP contribution in [0.25, 0.3) is 0 Å². The van der Waals surface area contributed by atoms with Crippen molar-refractivity contribution in [1.82, 2.24) is 9.97 Å². The van der Waals surface area contributed by atoms with Gasteiger partial charge in [-0.2, -0.15) is 0 Å². The van der Waals surface area contributed by atoms with Gasteiger partial charge in [0.25, 0.3) is 0 Å². The molecule has 0 aliphatic heterocycles. The van der Waals surface area contributed by atoms with Gasteiger partial charge in [0.05, 0.1) is 11.6 Å². The van der Waals surface area contributed by atoms with Crippen LogP contribution in [0, 0.1) is 0 Å². The molecule has 20 heavy (non-hydrogen) atoms. The summed E-state index contributed by atoms with van der Waals surface area (Å²) < 4.78 is 6.07. The minimum atomic E-state index is 0.219. The molecule has 2 rings (SSSR count). The third-order valence-electron chi connectivity index (χ3n) is 2.65. The fourth-order valence-corrected chi connectivity index (χ4v) is 2.38. The molecule has 0 atom stereocenters. The maximum Gasteiger partial charge on any atom is 0.135 e. The molecule has 1 aromatic carbocycles. The molecule has 4 nitrogen and oxygen atoms in total. The van der Waals surface area contributed by atoms with Gasteiger partial charge in [-0.05, 0) is 34.1 Å². The lowest BCUT2D eigenvalue weighted by Gasteiger charge is -2.11. The van der Waals surface area contributed by atoms with Crippen LogP contribution < -0.4 is 10.1 Å². The van der Waals surface area contributed by atoms with Crippen molar-refractivity contribution in [3.8, 4) is 5.75 Å². The quantitative estimate of drug-likeness (QED) is 0.802. The van der Waals surface area contributed by atoms with Crippen molar-refractivity contribution in [3.05, 3.63) is 39.7 Å². The first-order valence-corrected chi connectivity index (χ1v) is 7.31. The molecule has 0 amide bonds. The van der Waals surface area contributed by atoms with Gasteiger partial charge >= 0.3 is 0 Å². The molecule has 1 N–H and O–H groups in total. The van der Waals surface area contributed by atoms with Crippen LogP contribution in [0.15, 0.2) is 28.7 Å². The lowest BCUT2D eigenvalue weighted by Crippen LogP contribution is -2.02. The highest BCUT2D eigenvalue weighted by atomic mass is 79.9. The smallest absolute Gasteiger partial charge is 0.135 e. The van der Waals surface area contributed by atoms with E-state index in [1.54, 1.807) is 13.2 Å². The Morgan fingerprint density at radius 1 is 1.25 bits per heavy atom. The van der Waals surface area contributed by atoms with Gasteiger partial charge in [0.1, 0.15) is 22.5 Å². The van der Waals surface area contributed by atoms with E-state index in [0.717, 1.165) is 15.9 Å². The minimum Gasteiger partial charge on any atom is -0.496 e. The van der Waals surface area contributed by atoms with Crippen LogP contribution in [-0.4, -0.2) is 17.1 Å². The van der Waals surface area contributed by atoms with E-state index >= 15 is 0 Å². The Morgan fingerprint density at radius 3 is 2.60 bits per heavy atom. The van der Waals surface area contributed by atoms with Gasteiger partial charge in [0.15, 0.2) is 0 Å². The second-order valence-electron chi connectivity index (χ2n) is 4.56. The van der Waals surface area contributed by atoms with Crippen molar-refractivity contribution in [2.75, 3.05) is 12.4 Å². The molecule has 0 spiro atoms. The van der Waals surface area contributed by atoms with Crippen LogP contribution in [0.1, 0.15) is 25.6 Å². The lowest BCUT2D eigenvalue weighted by molar-refractivity contribution is 0.412. The van der Waals surface area contributed by atoms with Gasteiger partial charge in [0.2, 0.25) is 0 Å². The molecule has 1 aromatic heterocycles. The summed E-state index contributed by atoms with van der Waals surface area (Å²) in [5.41, 5.74) is 0.891. The third kappa shape index (κ3) is 3.61. The molecule has 106 valence electrons. The van der Waals surface area contributed by atoms with Gasteiger partial charge in [-0.1, -0.05) is 25.4 Å². The van der Waals surface area contributed by atoms with E-state index in [4.69, 9.17) is 16.3 Å². The van der Waals surface area contributed by atoms with Crippen molar-refractivity contribution in [3.63, 3.8) is 0 Å². The van der Waals surface area contributed by atoms with Crippen LogP contribution in [0.4, 0.5) is 11.5 Å². The predicted molar refractivity (Wildman–Crippen MR) is 85.1 cm³/mol. The molecule has 0 unspecified atom stereocenters. The summed E-state index contributed by atoms with van der Waals surface area (Å²) in [4.78, 5) is 8.65. The van der Waals surface area contributed by atoms with Gasteiger partial charge in [-0.25, -0.2) is 9.97 Å². The average molecular weight is 357 g/mol. The maximum atomic E-state index is 6.02. The summed E-state index contributed by atoms with van der Waals surface area (Å²) in [5, 5.41) is 3.64. The maximum absolute atomic E-state index is 6.02. The van der Waals surface area contributed by atoms with Gasteiger partial charge in [-0.15, -0.1) is 0 Å². The molecule has 2 aromatic rings. The van der Waals surface area contributed by atoms with Crippen LogP contribution in [-0.2, 0) is 0 Å². The zero-order valence-electron chi connectivity index (χ0n) is 11.4. The molecule has 0 fully saturated rings. The number of nitrogens with one attached hydrogen (secondary N) is 1. The first-order chi connectivity index (χ1) is 9.49. The molecular formula is C14H15BrClN3O. The van der Waals surface area contributed by atoms with Crippen LogP contribution in [0.3, 0.4) is 0 Å². The van der Waals surface area contributed by atoms with E-state index < -0.39 is 0 Å². The number of aromatic nitrogens is 2. The summed E-state index contributed by atoms with van der Waals surface area (Å²) >= 11 is 9.47. The standard InChI is InChI=1S/C14H15BrClN3O/c1-8(2)14-18-12(16)7-13(19-14)17-9-4-5-11(20-3)10(15)6-9/h4-8H,1-3H3,(H,17,18,19). The number of anilines is 2. The van der Waals surface area contributed by atoms with Crippen molar-refractivity contribution >= 4 is 39.0 Å². The second kappa shape index (κ2) is 6.41. The predicted octanol–water partition coefficient (Wildman–Crippen LogP) is 4.77. The summed E-state index contributed by atoms with van der Waals surface area (Å²) in [6.45, 7) is 4.05. The zero-order valence-corrected chi connectivity index (χ0v) is 13.8. The summed E-state index contributed by atoms with van der Waals surface area (Å²) in [6.07, 6.45) is 0. The molecular weight excluding hydrogens is 342 g/mol. The zero-order chi connectivity index (χ0) is 14.7. The van der Waals surface area contributed by atoms with E-state index in [1.807, 2.05) is 32.0 Å². The molecule has 0 saturated heterocycles. The van der Waals surface area contributed by atoms with Crippen molar-refractivity contribution in [2.24, 2.45) is 0 Å². The van der Waals surface area contributed by atoms with Crippen LogP contribution >= 0.6 is 27.5 Å². The largest absolute Gasteiger partial charge is 0.496 e. The van der Waals surface area contributed by atoms with E-state index in [0.29, 0.717) is 16.8 Å².